The molecule has 1 N–H and O–H groups in total. The highest BCUT2D eigenvalue weighted by Gasteiger charge is 2.38. The van der Waals surface area contributed by atoms with E-state index in [9.17, 15) is 22.4 Å². The Morgan fingerprint density at radius 1 is 1.29 bits per heavy atom. The van der Waals surface area contributed by atoms with Crippen molar-refractivity contribution in [3.05, 3.63) is 35.6 Å². The van der Waals surface area contributed by atoms with E-state index in [4.69, 9.17) is 0 Å². The molecular formula is C11H11F4NO. The molecule has 1 atom stereocenters. The van der Waals surface area contributed by atoms with Crippen LogP contribution in [0.25, 0.3) is 0 Å². The van der Waals surface area contributed by atoms with Gasteiger partial charge in [-0.3, -0.25) is 4.79 Å². The molecule has 1 aromatic carbocycles. The second-order valence-corrected chi connectivity index (χ2v) is 3.66. The Hall–Kier alpha value is -1.59. The Morgan fingerprint density at radius 2 is 1.82 bits per heavy atom. The van der Waals surface area contributed by atoms with Gasteiger partial charge in [0.25, 0.3) is 0 Å². The quantitative estimate of drug-likeness (QED) is 0.820. The number of hydrogen-bond acceptors (Lipinski definition) is 1. The Morgan fingerprint density at radius 3 is 2.29 bits per heavy atom. The molecule has 0 aliphatic heterocycles. The van der Waals surface area contributed by atoms with Crippen LogP contribution in [0.4, 0.5) is 17.6 Å². The molecule has 0 aromatic heterocycles. The van der Waals surface area contributed by atoms with Crippen LogP contribution in [0.5, 0.6) is 0 Å². The fourth-order valence-corrected chi connectivity index (χ4v) is 1.26. The molecule has 0 radical (unpaired) electrons. The van der Waals surface area contributed by atoms with Crippen LogP contribution in [0.15, 0.2) is 24.3 Å². The van der Waals surface area contributed by atoms with Crippen molar-refractivity contribution in [2.24, 2.45) is 0 Å². The number of alkyl halides is 3. The summed E-state index contributed by atoms with van der Waals surface area (Å²) in [4.78, 5) is 10.6. The summed E-state index contributed by atoms with van der Waals surface area (Å²) >= 11 is 0. The smallest absolute Gasteiger partial charge is 0.348 e. The third-order valence-corrected chi connectivity index (χ3v) is 2.27. The Balaban J connectivity index is 2.53. The summed E-state index contributed by atoms with van der Waals surface area (Å²) in [5.41, 5.74) is 0.661. The number of benzene rings is 1. The van der Waals surface area contributed by atoms with Gasteiger partial charge in [0.2, 0.25) is 0 Å². The molecule has 0 aliphatic carbocycles. The van der Waals surface area contributed by atoms with E-state index in [-0.39, 0.29) is 12.5 Å². The summed E-state index contributed by atoms with van der Waals surface area (Å²) in [6.07, 6.45) is -4.87. The second-order valence-electron chi connectivity index (χ2n) is 3.66. The highest BCUT2D eigenvalue weighted by Crippen LogP contribution is 2.17. The van der Waals surface area contributed by atoms with E-state index in [1.54, 1.807) is 12.2 Å². The minimum absolute atomic E-state index is 0.149. The Labute approximate surface area is 95.6 Å². The van der Waals surface area contributed by atoms with Gasteiger partial charge in [-0.25, -0.2) is 4.39 Å². The maximum Gasteiger partial charge on any atom is 0.471 e. The van der Waals surface area contributed by atoms with E-state index < -0.39 is 17.9 Å². The first kappa shape index (κ1) is 13.5. The fourth-order valence-electron chi connectivity index (χ4n) is 1.26. The predicted octanol–water partition coefficient (Wildman–Crippen LogP) is 2.61. The van der Waals surface area contributed by atoms with E-state index in [0.717, 1.165) is 0 Å². The van der Waals surface area contributed by atoms with Crippen LogP contribution in [-0.2, 0) is 4.79 Å². The van der Waals surface area contributed by atoms with Crippen molar-refractivity contribution < 1.29 is 22.4 Å². The SMILES string of the molecule is CC(CNC(=O)C(F)(F)F)c1ccc(F)cc1. The lowest BCUT2D eigenvalue weighted by molar-refractivity contribution is -0.173. The van der Waals surface area contributed by atoms with Crippen LogP contribution in [0, 0.1) is 5.82 Å². The zero-order valence-electron chi connectivity index (χ0n) is 9.01. The van der Waals surface area contributed by atoms with Gasteiger partial charge in [-0.1, -0.05) is 19.1 Å². The van der Waals surface area contributed by atoms with Gasteiger partial charge in [0.15, 0.2) is 0 Å². The van der Waals surface area contributed by atoms with Crippen LogP contribution in [0.2, 0.25) is 0 Å². The molecule has 0 fully saturated rings. The lowest BCUT2D eigenvalue weighted by Crippen LogP contribution is -2.38. The van der Waals surface area contributed by atoms with Gasteiger partial charge in [-0.05, 0) is 23.6 Å². The number of carbonyl (C=O) groups is 1. The standard InChI is InChI=1S/C11H11F4NO/c1-7(6-16-10(17)11(13,14)15)8-2-4-9(12)5-3-8/h2-5,7H,6H2,1H3,(H,16,17). The summed E-state index contributed by atoms with van der Waals surface area (Å²) in [6, 6.07) is 5.38. The van der Waals surface area contributed by atoms with E-state index in [0.29, 0.717) is 5.56 Å². The molecule has 0 saturated carbocycles. The summed E-state index contributed by atoms with van der Waals surface area (Å²) in [5.74, 6) is -2.70. The van der Waals surface area contributed by atoms with E-state index in [1.165, 1.54) is 24.3 Å². The first-order valence-electron chi connectivity index (χ1n) is 4.91. The maximum absolute atomic E-state index is 12.6. The van der Waals surface area contributed by atoms with E-state index in [1.807, 2.05) is 0 Å². The van der Waals surface area contributed by atoms with Crippen LogP contribution in [0.1, 0.15) is 18.4 Å². The monoisotopic (exact) mass is 249 g/mol. The summed E-state index contributed by atoms with van der Waals surface area (Å²) in [6.45, 7) is 1.49. The number of carbonyl (C=O) groups excluding carboxylic acids is 1. The lowest BCUT2D eigenvalue weighted by Gasteiger charge is -2.14. The molecule has 0 spiro atoms. The fraction of sp³-hybridized carbons (Fsp3) is 0.364. The molecule has 1 aromatic rings. The van der Waals surface area contributed by atoms with Crippen molar-refractivity contribution in [1.82, 2.24) is 5.32 Å². The van der Waals surface area contributed by atoms with Crippen molar-refractivity contribution in [2.75, 3.05) is 6.54 Å². The minimum Gasteiger partial charge on any atom is -0.348 e. The zero-order valence-corrected chi connectivity index (χ0v) is 9.01. The molecule has 2 nitrogen and oxygen atoms in total. The first-order chi connectivity index (χ1) is 7.80. The minimum atomic E-state index is -4.87. The Kier molecular flexibility index (Phi) is 4.09. The highest BCUT2D eigenvalue weighted by atomic mass is 19.4. The maximum atomic E-state index is 12.6. The molecule has 17 heavy (non-hydrogen) atoms. The van der Waals surface area contributed by atoms with E-state index in [2.05, 4.69) is 0 Å². The van der Waals surface area contributed by atoms with E-state index >= 15 is 0 Å². The second kappa shape index (κ2) is 5.16. The highest BCUT2D eigenvalue weighted by molar-refractivity contribution is 5.81. The number of rotatable bonds is 3. The molecule has 0 heterocycles. The van der Waals surface area contributed by atoms with Crippen LogP contribution >= 0.6 is 0 Å². The van der Waals surface area contributed by atoms with Crippen molar-refractivity contribution >= 4 is 5.91 Å². The van der Waals surface area contributed by atoms with Gasteiger partial charge >= 0.3 is 12.1 Å². The van der Waals surface area contributed by atoms with Crippen LogP contribution < -0.4 is 5.32 Å². The van der Waals surface area contributed by atoms with Gasteiger partial charge in [-0.15, -0.1) is 0 Å². The van der Waals surface area contributed by atoms with Crippen molar-refractivity contribution in [3.63, 3.8) is 0 Å². The predicted molar refractivity (Wildman–Crippen MR) is 53.9 cm³/mol. The first-order valence-corrected chi connectivity index (χ1v) is 4.91. The molecule has 1 amide bonds. The molecular weight excluding hydrogens is 238 g/mol. The topological polar surface area (TPSA) is 29.1 Å². The van der Waals surface area contributed by atoms with Gasteiger partial charge < -0.3 is 5.32 Å². The largest absolute Gasteiger partial charge is 0.471 e. The van der Waals surface area contributed by atoms with Gasteiger partial charge in [0, 0.05) is 6.54 Å². The molecule has 0 bridgehead atoms. The normalized spacial score (nSPS) is 13.2. The zero-order chi connectivity index (χ0) is 13.1. The molecule has 1 rings (SSSR count). The van der Waals surface area contributed by atoms with Crippen LogP contribution in [0.3, 0.4) is 0 Å². The summed E-state index contributed by atoms with van der Waals surface area (Å²) < 4.78 is 48.3. The van der Waals surface area contributed by atoms with Crippen molar-refractivity contribution in [3.8, 4) is 0 Å². The molecule has 0 aliphatic rings. The number of hydrogen-bond donors (Lipinski definition) is 1. The summed E-state index contributed by atoms with van der Waals surface area (Å²) in [7, 11) is 0. The van der Waals surface area contributed by atoms with Crippen molar-refractivity contribution in [1.29, 1.82) is 0 Å². The molecule has 94 valence electrons. The number of nitrogens with one attached hydrogen (secondary N) is 1. The molecule has 1 unspecified atom stereocenters. The van der Waals surface area contributed by atoms with Crippen molar-refractivity contribution in [2.45, 2.75) is 19.0 Å². The molecule has 6 heteroatoms. The van der Waals surface area contributed by atoms with Gasteiger partial charge in [0.1, 0.15) is 5.82 Å². The average molecular weight is 249 g/mol. The van der Waals surface area contributed by atoms with Crippen LogP contribution in [-0.4, -0.2) is 18.6 Å². The van der Waals surface area contributed by atoms with Gasteiger partial charge in [0.05, 0.1) is 0 Å². The Bertz CT molecular complexity index is 385. The third-order valence-electron chi connectivity index (χ3n) is 2.27. The van der Waals surface area contributed by atoms with Gasteiger partial charge in [-0.2, -0.15) is 13.2 Å². The molecule has 0 saturated heterocycles. The number of amides is 1. The summed E-state index contributed by atoms with van der Waals surface area (Å²) in [5, 5.41) is 1.78. The lowest BCUT2D eigenvalue weighted by atomic mass is 10.0. The average Bonchev–Trinajstić information content (AvgIpc) is 2.25. The third kappa shape index (κ3) is 4.05. The number of halogens is 4.